The quantitative estimate of drug-likeness (QED) is 0.722. The van der Waals surface area contributed by atoms with Gasteiger partial charge in [-0.2, -0.15) is 13.2 Å². The molecule has 1 heterocycles. The molecule has 0 unspecified atom stereocenters. The Hall–Kier alpha value is -2.16. The molecular weight excluding hydrogens is 410 g/mol. The Morgan fingerprint density at radius 1 is 1.03 bits per heavy atom. The van der Waals surface area contributed by atoms with Crippen LogP contribution in [0.3, 0.4) is 0 Å². The van der Waals surface area contributed by atoms with Crippen molar-refractivity contribution < 1.29 is 22.4 Å². The predicted octanol–water partition coefficient (Wildman–Crippen LogP) is 4.25. The van der Waals surface area contributed by atoms with E-state index in [4.69, 9.17) is 11.6 Å². The number of anilines is 1. The SMILES string of the molecule is O=C(CN1CCN(Cc2ccc(F)c(Cl)c2)CC1)Nc1cccc(C(F)(F)F)c1. The third kappa shape index (κ3) is 6.16. The minimum Gasteiger partial charge on any atom is -0.325 e. The van der Waals surface area contributed by atoms with Crippen LogP contribution < -0.4 is 5.32 Å². The summed E-state index contributed by atoms with van der Waals surface area (Å²) < 4.78 is 51.5. The highest BCUT2D eigenvalue weighted by molar-refractivity contribution is 6.30. The zero-order valence-corrected chi connectivity index (χ0v) is 16.2. The molecule has 156 valence electrons. The Morgan fingerprint density at radius 3 is 2.38 bits per heavy atom. The largest absolute Gasteiger partial charge is 0.416 e. The third-order valence-electron chi connectivity index (χ3n) is 4.70. The number of piperazine rings is 1. The van der Waals surface area contributed by atoms with Gasteiger partial charge in [0.15, 0.2) is 0 Å². The summed E-state index contributed by atoms with van der Waals surface area (Å²) in [6, 6.07) is 9.21. The van der Waals surface area contributed by atoms with Crippen molar-refractivity contribution in [3.8, 4) is 0 Å². The number of carbonyl (C=O) groups excluding carboxylic acids is 1. The van der Waals surface area contributed by atoms with Crippen LogP contribution in [0.5, 0.6) is 0 Å². The summed E-state index contributed by atoms with van der Waals surface area (Å²) in [7, 11) is 0. The lowest BCUT2D eigenvalue weighted by molar-refractivity contribution is -0.137. The van der Waals surface area contributed by atoms with E-state index in [1.807, 2.05) is 4.90 Å². The molecule has 1 aliphatic heterocycles. The van der Waals surface area contributed by atoms with Crippen LogP contribution in [0.4, 0.5) is 23.2 Å². The van der Waals surface area contributed by atoms with Crippen LogP contribution >= 0.6 is 11.6 Å². The Balaban J connectivity index is 1.46. The lowest BCUT2D eigenvalue weighted by Crippen LogP contribution is -2.48. The fraction of sp³-hybridized carbons (Fsp3) is 0.350. The summed E-state index contributed by atoms with van der Waals surface area (Å²) in [6.07, 6.45) is -4.45. The zero-order valence-electron chi connectivity index (χ0n) is 15.5. The van der Waals surface area contributed by atoms with E-state index in [0.717, 1.165) is 17.7 Å². The minimum atomic E-state index is -4.45. The van der Waals surface area contributed by atoms with E-state index in [9.17, 15) is 22.4 Å². The molecule has 0 saturated carbocycles. The molecule has 2 aromatic carbocycles. The molecule has 0 radical (unpaired) electrons. The molecule has 0 aromatic heterocycles. The Kier molecular flexibility index (Phi) is 6.77. The molecule has 1 amide bonds. The summed E-state index contributed by atoms with van der Waals surface area (Å²) in [5.74, 6) is -0.810. The standard InChI is InChI=1S/C20H20ClF4N3O/c21-17-10-14(4-5-18(17)22)12-27-6-8-28(9-7-27)13-19(29)26-16-3-1-2-15(11-16)20(23,24)25/h1-5,10-11H,6-9,12-13H2,(H,26,29). The van der Waals surface area contributed by atoms with Gasteiger partial charge in [-0.3, -0.25) is 14.6 Å². The van der Waals surface area contributed by atoms with Gasteiger partial charge >= 0.3 is 6.18 Å². The number of rotatable bonds is 5. The number of amides is 1. The molecule has 0 bridgehead atoms. The van der Waals surface area contributed by atoms with Crippen molar-refractivity contribution in [1.82, 2.24) is 9.80 Å². The maximum Gasteiger partial charge on any atom is 0.416 e. The molecule has 2 aromatic rings. The normalized spacial score (nSPS) is 16.0. The molecular formula is C20H20ClF4N3O. The van der Waals surface area contributed by atoms with Crippen molar-refractivity contribution in [1.29, 1.82) is 0 Å². The van der Waals surface area contributed by atoms with Gasteiger partial charge in [0, 0.05) is 38.4 Å². The van der Waals surface area contributed by atoms with Crippen molar-refractivity contribution in [3.63, 3.8) is 0 Å². The van der Waals surface area contributed by atoms with Gasteiger partial charge in [-0.25, -0.2) is 4.39 Å². The molecule has 3 rings (SSSR count). The fourth-order valence-corrected chi connectivity index (χ4v) is 3.38. The highest BCUT2D eigenvalue weighted by atomic mass is 35.5. The lowest BCUT2D eigenvalue weighted by atomic mass is 10.2. The number of alkyl halides is 3. The summed E-state index contributed by atoms with van der Waals surface area (Å²) in [5, 5.41) is 2.61. The Morgan fingerprint density at radius 2 is 1.72 bits per heavy atom. The summed E-state index contributed by atoms with van der Waals surface area (Å²) in [5.41, 5.74) is 0.230. The average Bonchev–Trinajstić information content (AvgIpc) is 2.66. The molecule has 0 aliphatic carbocycles. The zero-order chi connectivity index (χ0) is 21.0. The Bertz CT molecular complexity index is 867. The monoisotopic (exact) mass is 429 g/mol. The number of hydrogen-bond donors (Lipinski definition) is 1. The number of nitrogens with zero attached hydrogens (tertiary/aromatic N) is 2. The van der Waals surface area contributed by atoms with Gasteiger partial charge < -0.3 is 5.32 Å². The van der Waals surface area contributed by atoms with Gasteiger partial charge in [0.05, 0.1) is 17.1 Å². The Labute approximate surface area is 171 Å². The van der Waals surface area contributed by atoms with Crippen molar-refractivity contribution >= 4 is 23.2 Å². The molecule has 29 heavy (non-hydrogen) atoms. The van der Waals surface area contributed by atoms with Crippen LogP contribution in [0, 0.1) is 5.82 Å². The second-order valence-corrected chi connectivity index (χ2v) is 7.33. The fourth-order valence-electron chi connectivity index (χ4n) is 3.18. The number of hydrogen-bond acceptors (Lipinski definition) is 3. The molecule has 9 heteroatoms. The molecule has 4 nitrogen and oxygen atoms in total. The lowest BCUT2D eigenvalue weighted by Gasteiger charge is -2.34. The molecule has 1 fully saturated rings. The summed E-state index contributed by atoms with van der Waals surface area (Å²) in [4.78, 5) is 16.3. The maximum atomic E-state index is 13.2. The third-order valence-corrected chi connectivity index (χ3v) is 4.99. The predicted molar refractivity (Wildman–Crippen MR) is 103 cm³/mol. The molecule has 1 N–H and O–H groups in total. The van der Waals surface area contributed by atoms with Crippen LogP contribution in [-0.4, -0.2) is 48.4 Å². The number of benzene rings is 2. The highest BCUT2D eigenvalue weighted by Crippen LogP contribution is 2.30. The first-order valence-electron chi connectivity index (χ1n) is 9.06. The average molecular weight is 430 g/mol. The van der Waals surface area contributed by atoms with Gasteiger partial charge in [0.1, 0.15) is 5.82 Å². The smallest absolute Gasteiger partial charge is 0.325 e. The first-order chi connectivity index (χ1) is 13.7. The first kappa shape index (κ1) is 21.5. The van der Waals surface area contributed by atoms with Crippen LogP contribution in [-0.2, 0) is 17.5 Å². The molecule has 0 spiro atoms. The van der Waals surface area contributed by atoms with Crippen LogP contribution in [0.15, 0.2) is 42.5 Å². The second-order valence-electron chi connectivity index (χ2n) is 6.93. The van der Waals surface area contributed by atoms with Gasteiger partial charge in [-0.15, -0.1) is 0 Å². The van der Waals surface area contributed by atoms with E-state index in [-0.39, 0.29) is 23.2 Å². The number of nitrogens with one attached hydrogen (secondary N) is 1. The molecule has 1 aliphatic rings. The highest BCUT2D eigenvalue weighted by Gasteiger charge is 2.30. The molecule has 1 saturated heterocycles. The van der Waals surface area contributed by atoms with E-state index in [1.54, 1.807) is 12.1 Å². The first-order valence-corrected chi connectivity index (χ1v) is 9.44. The van der Waals surface area contributed by atoms with E-state index >= 15 is 0 Å². The van der Waals surface area contributed by atoms with Crippen LogP contribution in [0.1, 0.15) is 11.1 Å². The van der Waals surface area contributed by atoms with Crippen LogP contribution in [0.2, 0.25) is 5.02 Å². The van der Waals surface area contributed by atoms with Gasteiger partial charge in [-0.05, 0) is 35.9 Å². The summed E-state index contributed by atoms with van der Waals surface area (Å²) in [6.45, 7) is 3.45. The van der Waals surface area contributed by atoms with E-state index in [2.05, 4.69) is 10.2 Å². The van der Waals surface area contributed by atoms with E-state index in [0.29, 0.717) is 32.7 Å². The van der Waals surface area contributed by atoms with E-state index in [1.165, 1.54) is 18.2 Å². The van der Waals surface area contributed by atoms with Gasteiger partial charge in [-0.1, -0.05) is 23.7 Å². The van der Waals surface area contributed by atoms with E-state index < -0.39 is 17.6 Å². The van der Waals surface area contributed by atoms with Crippen molar-refractivity contribution in [3.05, 3.63) is 64.4 Å². The van der Waals surface area contributed by atoms with Gasteiger partial charge in [0.25, 0.3) is 0 Å². The second kappa shape index (κ2) is 9.11. The number of halogens is 5. The maximum absolute atomic E-state index is 13.2. The molecule has 0 atom stereocenters. The van der Waals surface area contributed by atoms with Crippen LogP contribution in [0.25, 0.3) is 0 Å². The van der Waals surface area contributed by atoms with Crippen molar-refractivity contribution in [2.24, 2.45) is 0 Å². The number of carbonyl (C=O) groups is 1. The summed E-state index contributed by atoms with van der Waals surface area (Å²) >= 11 is 5.80. The van der Waals surface area contributed by atoms with Crippen molar-refractivity contribution in [2.45, 2.75) is 12.7 Å². The topological polar surface area (TPSA) is 35.6 Å². The van der Waals surface area contributed by atoms with Gasteiger partial charge in [0.2, 0.25) is 5.91 Å². The minimum absolute atomic E-state index is 0.0902. The van der Waals surface area contributed by atoms with Crippen molar-refractivity contribution in [2.75, 3.05) is 38.0 Å².